The van der Waals surface area contributed by atoms with Crippen LogP contribution < -0.4 is 0 Å². The lowest BCUT2D eigenvalue weighted by Gasteiger charge is -2.12. The van der Waals surface area contributed by atoms with Gasteiger partial charge in [0.25, 0.3) is 0 Å². The molecule has 0 atom stereocenters. The maximum absolute atomic E-state index is 13.3. The largest absolute Gasteiger partial charge is 0.417 e. The van der Waals surface area contributed by atoms with Crippen molar-refractivity contribution in [3.63, 3.8) is 0 Å². The van der Waals surface area contributed by atoms with Gasteiger partial charge < -0.3 is 0 Å². The average molecular weight is 336 g/mol. The van der Waals surface area contributed by atoms with Crippen molar-refractivity contribution in [2.24, 2.45) is 0 Å². The summed E-state index contributed by atoms with van der Waals surface area (Å²) in [5, 5.41) is 0. The minimum Gasteiger partial charge on any atom is -0.205 e. The van der Waals surface area contributed by atoms with Gasteiger partial charge >= 0.3 is 6.18 Å². The normalized spacial score (nSPS) is 11.9. The Morgan fingerprint density at radius 3 is 2.29 bits per heavy atom. The van der Waals surface area contributed by atoms with E-state index in [4.69, 9.17) is 0 Å². The van der Waals surface area contributed by atoms with E-state index in [1.165, 1.54) is 6.26 Å². The number of hydrogen-bond acceptors (Lipinski definition) is 1. The summed E-state index contributed by atoms with van der Waals surface area (Å²) in [6, 6.07) is 2.02. The molecule has 0 aliphatic carbocycles. The maximum atomic E-state index is 13.3. The second-order valence-electron chi connectivity index (χ2n) is 2.44. The number of benzene rings is 1. The van der Waals surface area contributed by atoms with E-state index in [0.717, 1.165) is 23.9 Å². The fourth-order valence-electron chi connectivity index (χ4n) is 0.955. The van der Waals surface area contributed by atoms with Gasteiger partial charge in [0.1, 0.15) is 0 Å². The monoisotopic (exact) mass is 336 g/mol. The zero-order valence-corrected chi connectivity index (χ0v) is 9.93. The Hall–Kier alpha value is 0.0200. The molecule has 0 amide bonds. The van der Waals surface area contributed by atoms with Gasteiger partial charge in [-0.15, -0.1) is 11.8 Å². The van der Waals surface area contributed by atoms with Gasteiger partial charge in [-0.3, -0.25) is 0 Å². The van der Waals surface area contributed by atoms with E-state index in [9.17, 15) is 17.6 Å². The molecular weight excluding hydrogens is 331 g/mol. The van der Waals surface area contributed by atoms with Gasteiger partial charge in [0, 0.05) is 3.57 Å². The quantitative estimate of drug-likeness (QED) is 0.421. The van der Waals surface area contributed by atoms with Crippen LogP contribution in [0.15, 0.2) is 17.0 Å². The highest BCUT2D eigenvalue weighted by Crippen LogP contribution is 2.38. The van der Waals surface area contributed by atoms with Crippen molar-refractivity contribution < 1.29 is 17.6 Å². The lowest BCUT2D eigenvalue weighted by molar-refractivity contribution is -0.140. The molecule has 14 heavy (non-hydrogen) atoms. The minimum atomic E-state index is -4.50. The molecule has 1 rings (SSSR count). The van der Waals surface area contributed by atoms with Crippen LogP contribution in [0.4, 0.5) is 17.6 Å². The first-order valence-corrected chi connectivity index (χ1v) is 5.77. The molecule has 0 fully saturated rings. The molecule has 0 nitrogen and oxygen atoms in total. The number of alkyl halides is 3. The van der Waals surface area contributed by atoms with Crippen LogP contribution in [0.5, 0.6) is 0 Å². The first kappa shape index (κ1) is 12.1. The van der Waals surface area contributed by atoms with Gasteiger partial charge in [-0.1, -0.05) is 0 Å². The second-order valence-corrected chi connectivity index (χ2v) is 4.42. The van der Waals surface area contributed by atoms with Crippen LogP contribution >= 0.6 is 34.4 Å². The Morgan fingerprint density at radius 2 is 1.86 bits per heavy atom. The van der Waals surface area contributed by atoms with Crippen LogP contribution in [-0.4, -0.2) is 6.26 Å². The van der Waals surface area contributed by atoms with E-state index in [-0.39, 0.29) is 8.47 Å². The Kier molecular flexibility index (Phi) is 3.68. The highest BCUT2D eigenvalue weighted by Gasteiger charge is 2.34. The summed E-state index contributed by atoms with van der Waals surface area (Å²) in [6.45, 7) is 0. The molecule has 1 aromatic carbocycles. The second kappa shape index (κ2) is 4.26. The molecule has 6 heteroatoms. The highest BCUT2D eigenvalue weighted by atomic mass is 127. The first-order valence-electron chi connectivity index (χ1n) is 3.47. The summed E-state index contributed by atoms with van der Waals surface area (Å²) in [4.78, 5) is -0.343. The lowest BCUT2D eigenvalue weighted by Crippen LogP contribution is -2.08. The van der Waals surface area contributed by atoms with Crippen molar-refractivity contribution in [3.8, 4) is 0 Å². The lowest BCUT2D eigenvalue weighted by atomic mass is 10.2. The molecule has 0 unspecified atom stereocenters. The van der Waals surface area contributed by atoms with Crippen LogP contribution in [0.25, 0.3) is 0 Å². The van der Waals surface area contributed by atoms with Gasteiger partial charge in [-0.2, -0.15) is 13.2 Å². The molecular formula is C8H5F4IS. The van der Waals surface area contributed by atoms with Crippen molar-refractivity contribution in [1.29, 1.82) is 0 Å². The van der Waals surface area contributed by atoms with Gasteiger partial charge in [0.2, 0.25) is 0 Å². The molecule has 0 aromatic heterocycles. The highest BCUT2D eigenvalue weighted by molar-refractivity contribution is 14.1. The molecule has 1 aromatic rings. The maximum Gasteiger partial charge on any atom is 0.417 e. The topological polar surface area (TPSA) is 0 Å². The number of thioether (sulfide) groups is 1. The summed E-state index contributed by atoms with van der Waals surface area (Å²) >= 11 is 2.43. The predicted molar refractivity (Wildman–Crippen MR) is 55.9 cm³/mol. The van der Waals surface area contributed by atoms with Crippen LogP contribution in [0.3, 0.4) is 0 Å². The minimum absolute atomic E-state index is 0.194. The molecule has 0 spiro atoms. The molecule has 0 heterocycles. The number of halogens is 5. The van der Waals surface area contributed by atoms with Crippen molar-refractivity contribution in [3.05, 3.63) is 27.1 Å². The number of hydrogen-bond donors (Lipinski definition) is 0. The van der Waals surface area contributed by atoms with Crippen LogP contribution in [0, 0.1) is 9.39 Å². The third-order valence-corrected chi connectivity index (χ3v) is 3.20. The zero-order valence-electron chi connectivity index (χ0n) is 6.95. The van der Waals surface area contributed by atoms with E-state index in [2.05, 4.69) is 0 Å². The van der Waals surface area contributed by atoms with E-state index in [1.54, 1.807) is 22.6 Å². The molecule has 78 valence electrons. The molecule has 0 saturated carbocycles. The Labute approximate surface area is 96.2 Å². The van der Waals surface area contributed by atoms with Crippen LogP contribution in [-0.2, 0) is 6.18 Å². The summed E-state index contributed by atoms with van der Waals surface area (Å²) in [7, 11) is 0. The predicted octanol–water partition coefficient (Wildman–Crippen LogP) is 4.17. The third kappa shape index (κ3) is 2.33. The smallest absolute Gasteiger partial charge is 0.205 e. The van der Waals surface area contributed by atoms with Gasteiger partial charge in [0.15, 0.2) is 5.82 Å². The number of rotatable bonds is 1. The van der Waals surface area contributed by atoms with Gasteiger partial charge in [-0.05, 0) is 41.0 Å². The first-order chi connectivity index (χ1) is 6.38. The Morgan fingerprint density at radius 1 is 1.29 bits per heavy atom. The Bertz CT molecular complexity index is 348. The summed E-state index contributed by atoms with van der Waals surface area (Å²) in [5.41, 5.74) is -0.914. The fraction of sp³-hybridized carbons (Fsp3) is 0.250. The van der Waals surface area contributed by atoms with Crippen molar-refractivity contribution >= 4 is 34.4 Å². The van der Waals surface area contributed by atoms with Crippen LogP contribution in [0.1, 0.15) is 5.56 Å². The van der Waals surface area contributed by atoms with Crippen molar-refractivity contribution in [1.82, 2.24) is 0 Å². The molecule has 0 saturated heterocycles. The van der Waals surface area contributed by atoms with Gasteiger partial charge in [-0.25, -0.2) is 4.39 Å². The van der Waals surface area contributed by atoms with Gasteiger partial charge in [0.05, 0.1) is 10.5 Å². The molecule has 0 aliphatic rings. The van der Waals surface area contributed by atoms with E-state index < -0.39 is 17.6 Å². The summed E-state index contributed by atoms with van der Waals surface area (Å²) in [6.07, 6.45) is -3.08. The van der Waals surface area contributed by atoms with E-state index in [0.29, 0.717) is 0 Å². The summed E-state index contributed by atoms with van der Waals surface area (Å²) < 4.78 is 50.6. The third-order valence-electron chi connectivity index (χ3n) is 1.56. The van der Waals surface area contributed by atoms with Crippen molar-refractivity contribution in [2.75, 3.05) is 6.26 Å². The SMILES string of the molecule is CSc1c(C(F)(F)F)ccc(I)c1F. The van der Waals surface area contributed by atoms with E-state index in [1.807, 2.05) is 0 Å². The zero-order chi connectivity index (χ0) is 10.9. The molecule has 0 N–H and O–H groups in total. The Balaban J connectivity index is 3.39. The van der Waals surface area contributed by atoms with Crippen LogP contribution in [0.2, 0.25) is 0 Å². The van der Waals surface area contributed by atoms with E-state index >= 15 is 0 Å². The fourth-order valence-corrected chi connectivity index (χ4v) is 2.28. The molecule has 0 aliphatic heterocycles. The molecule has 0 radical (unpaired) electrons. The average Bonchev–Trinajstić information content (AvgIpc) is 2.07. The summed E-state index contributed by atoms with van der Waals surface area (Å²) in [5.74, 6) is -0.798. The molecule has 0 bridgehead atoms. The van der Waals surface area contributed by atoms with Crippen molar-refractivity contribution in [2.45, 2.75) is 11.1 Å². The standard InChI is InChI=1S/C8H5F4IS/c1-14-7-4(8(10,11)12)2-3-5(13)6(7)9/h2-3H,1H3.